The zero-order chi connectivity index (χ0) is 30.5. The first-order valence-electron chi connectivity index (χ1n) is 15.2. The van der Waals surface area contributed by atoms with Gasteiger partial charge in [0.25, 0.3) is 5.91 Å². The number of para-hydroxylation sites is 1. The molecule has 0 radical (unpaired) electrons. The maximum atomic E-state index is 13.9. The molecule has 3 N–H and O–H groups in total. The number of hydrogen-bond donors (Lipinski definition) is 3. The topological polar surface area (TPSA) is 141 Å². The number of carbonyl (C=O) groups is 5. The fourth-order valence-corrected chi connectivity index (χ4v) is 8.15. The highest BCUT2D eigenvalue weighted by Crippen LogP contribution is 2.33. The Morgan fingerprint density at radius 1 is 1.02 bits per heavy atom. The third-order valence-corrected chi connectivity index (χ3v) is 10.4. The number of amides is 5. The molecule has 2 saturated heterocycles. The number of thioether (sulfide) groups is 1. The van der Waals surface area contributed by atoms with Crippen molar-refractivity contribution in [3.05, 3.63) is 24.3 Å². The van der Waals surface area contributed by atoms with Crippen molar-refractivity contribution in [3.63, 3.8) is 0 Å². The Morgan fingerprint density at radius 2 is 1.79 bits per heavy atom. The Bertz CT molecular complexity index is 1330. The molecule has 1 aliphatic carbocycles. The van der Waals surface area contributed by atoms with Crippen LogP contribution in [-0.4, -0.2) is 74.6 Å². The smallest absolute Gasteiger partial charge is 0.315 e. The average molecular weight is 629 g/mol. The summed E-state index contributed by atoms with van der Waals surface area (Å²) in [5, 5.41) is 10.3. The number of hydrazine groups is 1. The van der Waals surface area contributed by atoms with E-state index in [2.05, 4.69) is 20.9 Å². The van der Waals surface area contributed by atoms with Gasteiger partial charge in [-0.2, -0.15) is 0 Å². The minimum absolute atomic E-state index is 0.0644. The molecule has 11 nitrogen and oxygen atoms in total. The molecule has 3 fully saturated rings. The number of nitrogens with zero attached hydrogens (tertiary/aromatic N) is 3. The van der Waals surface area contributed by atoms with Gasteiger partial charge >= 0.3 is 6.03 Å². The van der Waals surface area contributed by atoms with E-state index in [0.29, 0.717) is 23.7 Å². The number of urea groups is 1. The van der Waals surface area contributed by atoms with Crippen LogP contribution < -0.4 is 16.0 Å². The molecule has 2 aromatic rings. The number of benzene rings is 1. The fourth-order valence-electron chi connectivity index (χ4n) is 5.95. The lowest BCUT2D eigenvalue weighted by atomic mass is 9.96. The van der Waals surface area contributed by atoms with Gasteiger partial charge in [-0.15, -0.1) is 11.3 Å². The third kappa shape index (κ3) is 7.67. The lowest BCUT2D eigenvalue weighted by Crippen LogP contribution is -2.64. The summed E-state index contributed by atoms with van der Waals surface area (Å²) in [7, 11) is 0. The highest BCUT2D eigenvalue weighted by Gasteiger charge is 2.45. The van der Waals surface area contributed by atoms with E-state index in [-0.39, 0.29) is 42.9 Å². The van der Waals surface area contributed by atoms with E-state index in [0.717, 1.165) is 42.3 Å². The molecule has 232 valence electrons. The van der Waals surface area contributed by atoms with Crippen molar-refractivity contribution in [1.29, 1.82) is 0 Å². The van der Waals surface area contributed by atoms with Crippen LogP contribution >= 0.6 is 23.1 Å². The van der Waals surface area contributed by atoms with Crippen molar-refractivity contribution in [2.45, 2.75) is 106 Å². The van der Waals surface area contributed by atoms with Gasteiger partial charge in [0.05, 0.1) is 10.2 Å². The van der Waals surface area contributed by atoms with Crippen LogP contribution in [0.15, 0.2) is 28.6 Å². The number of fused-ring (bicyclic) bond motifs is 2. The summed E-state index contributed by atoms with van der Waals surface area (Å²) in [6.45, 7) is 4.19. The van der Waals surface area contributed by atoms with Crippen LogP contribution in [0.3, 0.4) is 0 Å². The summed E-state index contributed by atoms with van der Waals surface area (Å²) in [6, 6.07) is 5.38. The monoisotopic (exact) mass is 628 g/mol. The lowest BCUT2D eigenvalue weighted by molar-refractivity contribution is -0.176. The highest BCUT2D eigenvalue weighted by atomic mass is 32.2. The molecule has 5 rings (SSSR count). The molecule has 2 unspecified atom stereocenters. The van der Waals surface area contributed by atoms with E-state index >= 15 is 0 Å². The van der Waals surface area contributed by atoms with Crippen LogP contribution in [0, 0.1) is 5.92 Å². The molecule has 2 aliphatic heterocycles. The Balaban J connectivity index is 1.32. The highest BCUT2D eigenvalue weighted by molar-refractivity contribution is 8.02. The van der Waals surface area contributed by atoms with Crippen LogP contribution in [0.4, 0.5) is 4.79 Å². The number of thiazole rings is 1. The van der Waals surface area contributed by atoms with Gasteiger partial charge in [-0.3, -0.25) is 24.2 Å². The van der Waals surface area contributed by atoms with Gasteiger partial charge in [0.2, 0.25) is 11.8 Å². The molecule has 13 heteroatoms. The molecule has 43 heavy (non-hydrogen) atoms. The number of ketones is 1. The second kappa shape index (κ2) is 14.1. The number of Topliss-reactive ketones (excluding diaryl/α,β-unsaturated/α-hetero) is 1. The SMILES string of the molecule is CC(C)CC(=O)C(NC(=O)[C@@H]1CCCN2C(=O)CCC(NC(=O)NC3CCCCC3)C(=O)N12)Sc1nc2ccccc2s1. The quantitative estimate of drug-likeness (QED) is 0.282. The van der Waals surface area contributed by atoms with Crippen molar-refractivity contribution >= 4 is 62.9 Å². The zero-order valence-electron chi connectivity index (χ0n) is 24.7. The van der Waals surface area contributed by atoms with E-state index in [1.807, 2.05) is 38.1 Å². The molecule has 3 aliphatic rings. The standard InChI is InChI=1S/C30H40N6O5S2/c1-18(2)17-23(37)27(43-30-33-20-11-6-7-13-24(20)42-30)34-26(39)22-12-8-16-35-25(38)15-14-21(28(40)36(22)35)32-29(41)31-19-9-4-3-5-10-19/h6-7,11,13,18-19,21-22,27H,3-5,8-10,12,14-17H2,1-2H3,(H,34,39)(H2,31,32,41)/t21?,22-,27?/m0/s1. The van der Waals surface area contributed by atoms with Crippen molar-refractivity contribution in [2.24, 2.45) is 5.92 Å². The first-order valence-corrected chi connectivity index (χ1v) is 16.9. The van der Waals surface area contributed by atoms with Crippen molar-refractivity contribution in [3.8, 4) is 0 Å². The van der Waals surface area contributed by atoms with E-state index in [1.54, 1.807) is 0 Å². The summed E-state index contributed by atoms with van der Waals surface area (Å²) < 4.78 is 1.64. The third-order valence-electron chi connectivity index (χ3n) is 8.08. The van der Waals surface area contributed by atoms with Gasteiger partial charge in [0.1, 0.15) is 17.5 Å². The van der Waals surface area contributed by atoms with Crippen LogP contribution in [0.1, 0.15) is 78.1 Å². The molecule has 0 bridgehead atoms. The Kier molecular flexibility index (Phi) is 10.2. The van der Waals surface area contributed by atoms with Gasteiger partial charge in [-0.05, 0) is 50.2 Å². The predicted molar refractivity (Wildman–Crippen MR) is 165 cm³/mol. The van der Waals surface area contributed by atoms with Crippen molar-refractivity contribution in [1.82, 2.24) is 31.0 Å². The zero-order valence-corrected chi connectivity index (χ0v) is 26.3. The first-order chi connectivity index (χ1) is 20.7. The molecule has 0 spiro atoms. The largest absolute Gasteiger partial charge is 0.335 e. The molecular formula is C30H40N6O5S2. The summed E-state index contributed by atoms with van der Waals surface area (Å²) in [5.74, 6) is -1.32. The summed E-state index contributed by atoms with van der Waals surface area (Å²) >= 11 is 2.64. The Labute approximate surface area is 259 Å². The number of aromatic nitrogens is 1. The molecular weight excluding hydrogens is 589 g/mol. The average Bonchev–Trinajstić information content (AvgIpc) is 3.35. The Hall–Kier alpha value is -3.19. The van der Waals surface area contributed by atoms with Crippen LogP contribution in [0.25, 0.3) is 10.2 Å². The predicted octanol–water partition coefficient (Wildman–Crippen LogP) is 3.97. The van der Waals surface area contributed by atoms with Gasteiger partial charge in [0.15, 0.2) is 10.1 Å². The van der Waals surface area contributed by atoms with E-state index in [9.17, 15) is 24.0 Å². The van der Waals surface area contributed by atoms with Gasteiger partial charge in [0, 0.05) is 25.4 Å². The lowest BCUT2D eigenvalue weighted by Gasteiger charge is -2.43. The molecule has 3 atom stereocenters. The second-order valence-electron chi connectivity index (χ2n) is 11.9. The minimum atomic E-state index is -0.987. The molecule has 1 aromatic heterocycles. The van der Waals surface area contributed by atoms with Crippen LogP contribution in [0.2, 0.25) is 0 Å². The van der Waals surface area contributed by atoms with Crippen molar-refractivity contribution in [2.75, 3.05) is 6.54 Å². The van der Waals surface area contributed by atoms with Crippen LogP contribution in [0.5, 0.6) is 0 Å². The Morgan fingerprint density at radius 3 is 2.53 bits per heavy atom. The maximum absolute atomic E-state index is 13.9. The van der Waals surface area contributed by atoms with Gasteiger partial charge in [-0.1, -0.05) is 57.0 Å². The molecule has 3 heterocycles. The normalized spacial score (nSPS) is 22.2. The number of rotatable bonds is 9. The summed E-state index contributed by atoms with van der Waals surface area (Å²) in [5.41, 5.74) is 0.819. The van der Waals surface area contributed by atoms with Crippen LogP contribution in [-0.2, 0) is 19.2 Å². The molecule has 1 saturated carbocycles. The number of carbonyl (C=O) groups excluding carboxylic acids is 5. The van der Waals surface area contributed by atoms with Gasteiger partial charge < -0.3 is 16.0 Å². The number of hydrogen-bond acceptors (Lipinski definition) is 8. The fraction of sp³-hybridized carbons (Fsp3) is 0.600. The van der Waals surface area contributed by atoms with E-state index in [1.165, 1.54) is 33.1 Å². The van der Waals surface area contributed by atoms with Crippen molar-refractivity contribution < 1.29 is 24.0 Å². The second-order valence-corrected chi connectivity index (χ2v) is 14.3. The maximum Gasteiger partial charge on any atom is 0.315 e. The molecule has 5 amide bonds. The summed E-state index contributed by atoms with van der Waals surface area (Å²) in [6.07, 6.45) is 6.43. The number of nitrogens with one attached hydrogen (secondary N) is 3. The molecule has 1 aromatic carbocycles. The summed E-state index contributed by atoms with van der Waals surface area (Å²) in [4.78, 5) is 71.6. The van der Waals surface area contributed by atoms with E-state index in [4.69, 9.17) is 0 Å². The first kappa shape index (κ1) is 31.2. The minimum Gasteiger partial charge on any atom is -0.335 e. The van der Waals surface area contributed by atoms with Gasteiger partial charge in [-0.25, -0.2) is 14.8 Å². The van der Waals surface area contributed by atoms with E-state index < -0.39 is 35.3 Å².